The minimum absolute atomic E-state index is 0.0167. The van der Waals surface area contributed by atoms with E-state index in [1.54, 1.807) is 24.5 Å². The SMILES string of the molecule is O=C(NC1CCCCC1)N(C(=O)c1ccncc1)C1CCCCC1. The molecule has 0 saturated heterocycles. The number of rotatable bonds is 3. The Balaban J connectivity index is 1.75. The molecule has 24 heavy (non-hydrogen) atoms. The average molecular weight is 329 g/mol. The molecule has 0 unspecified atom stereocenters. The van der Waals surface area contributed by atoms with Gasteiger partial charge in [0.25, 0.3) is 5.91 Å². The maximum absolute atomic E-state index is 13.0. The number of amides is 3. The van der Waals surface area contributed by atoms with Crippen LogP contribution in [0.4, 0.5) is 4.79 Å². The third kappa shape index (κ3) is 4.13. The third-order valence-corrected chi connectivity index (χ3v) is 5.24. The van der Waals surface area contributed by atoms with Crippen LogP contribution in [0.2, 0.25) is 0 Å². The minimum atomic E-state index is -0.212. The van der Waals surface area contributed by atoms with E-state index in [0.29, 0.717) is 5.56 Å². The van der Waals surface area contributed by atoms with E-state index in [1.807, 2.05) is 0 Å². The van der Waals surface area contributed by atoms with Crippen LogP contribution in [0.25, 0.3) is 0 Å². The summed E-state index contributed by atoms with van der Waals surface area (Å²) >= 11 is 0. The fraction of sp³-hybridized carbons (Fsp3) is 0.632. The average Bonchev–Trinajstić information content (AvgIpc) is 2.64. The number of urea groups is 1. The van der Waals surface area contributed by atoms with Crippen LogP contribution in [0.15, 0.2) is 24.5 Å². The summed E-state index contributed by atoms with van der Waals surface area (Å²) in [5, 5.41) is 3.12. The monoisotopic (exact) mass is 329 g/mol. The first kappa shape index (κ1) is 16.9. The van der Waals surface area contributed by atoms with Gasteiger partial charge in [0.05, 0.1) is 0 Å². The molecule has 0 aliphatic heterocycles. The largest absolute Gasteiger partial charge is 0.335 e. The van der Waals surface area contributed by atoms with Gasteiger partial charge in [-0.15, -0.1) is 0 Å². The molecule has 2 aliphatic carbocycles. The fourth-order valence-corrected chi connectivity index (χ4v) is 3.89. The lowest BCUT2D eigenvalue weighted by Gasteiger charge is -2.34. The molecule has 5 nitrogen and oxygen atoms in total. The van der Waals surface area contributed by atoms with Gasteiger partial charge in [0.1, 0.15) is 0 Å². The summed E-state index contributed by atoms with van der Waals surface area (Å²) in [5.74, 6) is -0.197. The highest BCUT2D eigenvalue weighted by molar-refractivity contribution is 6.04. The highest BCUT2D eigenvalue weighted by atomic mass is 16.2. The number of carbonyl (C=O) groups is 2. The molecule has 3 rings (SSSR count). The van der Waals surface area contributed by atoms with Gasteiger partial charge in [0, 0.05) is 30.0 Å². The molecule has 5 heteroatoms. The quantitative estimate of drug-likeness (QED) is 0.915. The molecule has 130 valence electrons. The Labute approximate surface area is 143 Å². The maximum Gasteiger partial charge on any atom is 0.324 e. The summed E-state index contributed by atoms with van der Waals surface area (Å²) in [6.45, 7) is 0. The molecule has 1 N–H and O–H groups in total. The Kier molecular flexibility index (Phi) is 5.83. The van der Waals surface area contributed by atoms with Crippen LogP contribution in [-0.2, 0) is 0 Å². The Hall–Kier alpha value is -1.91. The number of hydrogen-bond donors (Lipinski definition) is 1. The first-order chi connectivity index (χ1) is 11.8. The molecule has 0 bridgehead atoms. The van der Waals surface area contributed by atoms with Crippen LogP contribution in [0, 0.1) is 0 Å². The predicted octanol–water partition coefficient (Wildman–Crippen LogP) is 3.90. The zero-order valence-electron chi connectivity index (χ0n) is 14.2. The molecular weight excluding hydrogens is 302 g/mol. The van der Waals surface area contributed by atoms with Gasteiger partial charge in [-0.3, -0.25) is 14.7 Å². The first-order valence-electron chi connectivity index (χ1n) is 9.30. The lowest BCUT2D eigenvalue weighted by molar-refractivity contribution is 0.0701. The maximum atomic E-state index is 13.0. The normalized spacial score (nSPS) is 19.7. The molecule has 2 saturated carbocycles. The predicted molar refractivity (Wildman–Crippen MR) is 92.7 cm³/mol. The van der Waals surface area contributed by atoms with Crippen molar-refractivity contribution in [1.29, 1.82) is 0 Å². The molecule has 0 atom stereocenters. The van der Waals surface area contributed by atoms with E-state index in [-0.39, 0.29) is 24.0 Å². The number of aromatic nitrogens is 1. The standard InChI is InChI=1S/C19H27N3O2/c23-18(15-11-13-20-14-12-15)22(17-9-5-2-6-10-17)19(24)21-16-7-3-1-4-8-16/h11-14,16-17H,1-10H2,(H,21,24). The zero-order chi connectivity index (χ0) is 16.8. The number of nitrogens with zero attached hydrogens (tertiary/aromatic N) is 2. The van der Waals surface area contributed by atoms with Crippen molar-refractivity contribution < 1.29 is 9.59 Å². The molecule has 2 fully saturated rings. The smallest absolute Gasteiger partial charge is 0.324 e. The van der Waals surface area contributed by atoms with E-state index < -0.39 is 0 Å². The van der Waals surface area contributed by atoms with E-state index in [9.17, 15) is 9.59 Å². The summed E-state index contributed by atoms with van der Waals surface area (Å²) in [4.78, 5) is 31.3. The van der Waals surface area contributed by atoms with Crippen molar-refractivity contribution in [3.05, 3.63) is 30.1 Å². The summed E-state index contributed by atoms with van der Waals surface area (Å²) < 4.78 is 0. The number of carbonyl (C=O) groups excluding carboxylic acids is 2. The van der Waals surface area contributed by atoms with Crippen molar-refractivity contribution >= 4 is 11.9 Å². The van der Waals surface area contributed by atoms with Crippen LogP contribution < -0.4 is 5.32 Å². The lowest BCUT2D eigenvalue weighted by atomic mass is 9.93. The highest BCUT2D eigenvalue weighted by Crippen LogP contribution is 2.25. The van der Waals surface area contributed by atoms with E-state index in [1.165, 1.54) is 17.7 Å². The minimum Gasteiger partial charge on any atom is -0.335 e. The van der Waals surface area contributed by atoms with Gasteiger partial charge >= 0.3 is 6.03 Å². The molecule has 3 amide bonds. The Bertz CT molecular complexity index is 549. The van der Waals surface area contributed by atoms with Gasteiger partial charge in [-0.05, 0) is 37.8 Å². The van der Waals surface area contributed by atoms with Gasteiger partial charge in [0.15, 0.2) is 0 Å². The van der Waals surface area contributed by atoms with Gasteiger partial charge in [0.2, 0.25) is 0 Å². The van der Waals surface area contributed by atoms with Crippen molar-refractivity contribution in [3.63, 3.8) is 0 Å². The number of imide groups is 1. The first-order valence-corrected chi connectivity index (χ1v) is 9.30. The van der Waals surface area contributed by atoms with Crippen LogP contribution in [0.1, 0.15) is 74.6 Å². The molecule has 1 heterocycles. The number of nitrogens with one attached hydrogen (secondary N) is 1. The van der Waals surface area contributed by atoms with Crippen LogP contribution in [0.3, 0.4) is 0 Å². The van der Waals surface area contributed by atoms with Crippen molar-refractivity contribution in [3.8, 4) is 0 Å². The second-order valence-corrected chi connectivity index (χ2v) is 6.99. The van der Waals surface area contributed by atoms with Crippen LogP contribution >= 0.6 is 0 Å². The van der Waals surface area contributed by atoms with E-state index in [4.69, 9.17) is 0 Å². The number of pyridine rings is 1. The fourth-order valence-electron chi connectivity index (χ4n) is 3.89. The zero-order valence-corrected chi connectivity index (χ0v) is 14.2. The summed E-state index contributed by atoms with van der Waals surface area (Å²) in [6, 6.07) is 3.39. The van der Waals surface area contributed by atoms with Crippen LogP contribution in [-0.4, -0.2) is 33.9 Å². The molecule has 0 radical (unpaired) electrons. The second kappa shape index (κ2) is 8.27. The van der Waals surface area contributed by atoms with E-state index in [0.717, 1.165) is 51.4 Å². The van der Waals surface area contributed by atoms with Crippen molar-refractivity contribution in [2.75, 3.05) is 0 Å². The molecule has 2 aliphatic rings. The molecular formula is C19H27N3O2. The lowest BCUT2D eigenvalue weighted by Crippen LogP contribution is -2.52. The molecule has 1 aromatic rings. The van der Waals surface area contributed by atoms with Crippen molar-refractivity contribution in [1.82, 2.24) is 15.2 Å². The summed E-state index contributed by atoms with van der Waals surface area (Å²) in [5.41, 5.74) is 0.536. The van der Waals surface area contributed by atoms with Gasteiger partial charge in [-0.25, -0.2) is 4.79 Å². The Morgan fingerprint density at radius 2 is 1.50 bits per heavy atom. The van der Waals surface area contributed by atoms with Crippen molar-refractivity contribution in [2.24, 2.45) is 0 Å². The topological polar surface area (TPSA) is 62.3 Å². The van der Waals surface area contributed by atoms with Gasteiger partial charge in [-0.2, -0.15) is 0 Å². The highest BCUT2D eigenvalue weighted by Gasteiger charge is 2.32. The molecule has 0 aromatic carbocycles. The number of hydrogen-bond acceptors (Lipinski definition) is 3. The van der Waals surface area contributed by atoms with Gasteiger partial charge in [-0.1, -0.05) is 38.5 Å². The van der Waals surface area contributed by atoms with E-state index >= 15 is 0 Å². The van der Waals surface area contributed by atoms with Crippen molar-refractivity contribution in [2.45, 2.75) is 76.3 Å². The Morgan fingerprint density at radius 1 is 0.917 bits per heavy atom. The molecule has 0 spiro atoms. The molecule has 1 aromatic heterocycles. The van der Waals surface area contributed by atoms with Gasteiger partial charge < -0.3 is 5.32 Å². The summed E-state index contributed by atoms with van der Waals surface area (Å²) in [7, 11) is 0. The van der Waals surface area contributed by atoms with Crippen LogP contribution in [0.5, 0.6) is 0 Å². The summed E-state index contributed by atoms with van der Waals surface area (Å²) in [6.07, 6.45) is 14.0. The third-order valence-electron chi connectivity index (χ3n) is 5.24. The Morgan fingerprint density at radius 3 is 2.12 bits per heavy atom. The second-order valence-electron chi connectivity index (χ2n) is 6.99. The van der Waals surface area contributed by atoms with E-state index in [2.05, 4.69) is 10.3 Å².